The van der Waals surface area contributed by atoms with Crippen molar-refractivity contribution in [2.75, 3.05) is 19.6 Å². The van der Waals surface area contributed by atoms with E-state index in [0.717, 1.165) is 55.1 Å². The molecule has 1 fully saturated rings. The van der Waals surface area contributed by atoms with E-state index in [4.69, 9.17) is 4.98 Å². The Morgan fingerprint density at radius 1 is 1.38 bits per heavy atom. The van der Waals surface area contributed by atoms with Crippen molar-refractivity contribution in [3.8, 4) is 0 Å². The van der Waals surface area contributed by atoms with Crippen LogP contribution in [0.4, 0.5) is 0 Å². The van der Waals surface area contributed by atoms with Crippen LogP contribution in [0, 0.1) is 6.92 Å². The Morgan fingerprint density at radius 3 is 3.12 bits per heavy atom. The number of nitrogens with one attached hydrogen (secondary N) is 1. The van der Waals surface area contributed by atoms with E-state index in [-0.39, 0.29) is 5.91 Å². The summed E-state index contributed by atoms with van der Waals surface area (Å²) in [4.78, 5) is 24.1. The number of benzene rings is 1. The van der Waals surface area contributed by atoms with Gasteiger partial charge in [0, 0.05) is 43.7 Å². The summed E-state index contributed by atoms with van der Waals surface area (Å²) in [5.74, 6) is 1.58. The summed E-state index contributed by atoms with van der Waals surface area (Å²) in [7, 11) is 0. The number of rotatable bonds is 3. The molecule has 136 valence electrons. The highest BCUT2D eigenvalue weighted by Gasteiger charge is 2.24. The second kappa shape index (κ2) is 7.54. The lowest BCUT2D eigenvalue weighted by Crippen LogP contribution is -2.38. The van der Waals surface area contributed by atoms with Gasteiger partial charge in [0.05, 0.1) is 12.1 Å². The number of fused-ring (bicyclic) bond motifs is 1. The molecule has 0 bridgehead atoms. The number of aryl methyl sites for hydroxylation is 1. The molecular formula is C21H26N4O. The summed E-state index contributed by atoms with van der Waals surface area (Å²) in [5.41, 5.74) is 4.50. The van der Waals surface area contributed by atoms with E-state index in [1.807, 2.05) is 23.2 Å². The van der Waals surface area contributed by atoms with Gasteiger partial charge in [0.2, 0.25) is 5.91 Å². The Labute approximate surface area is 154 Å². The molecule has 0 aliphatic carbocycles. The van der Waals surface area contributed by atoms with Gasteiger partial charge in [-0.2, -0.15) is 0 Å². The number of carbonyl (C=O) groups excluding carboxylic acids is 1. The average molecular weight is 350 g/mol. The predicted molar refractivity (Wildman–Crippen MR) is 101 cm³/mol. The third-order valence-corrected chi connectivity index (χ3v) is 5.41. The van der Waals surface area contributed by atoms with Crippen molar-refractivity contribution in [3.63, 3.8) is 0 Å². The molecule has 1 aromatic heterocycles. The van der Waals surface area contributed by atoms with Crippen molar-refractivity contribution in [2.45, 2.75) is 45.1 Å². The van der Waals surface area contributed by atoms with Gasteiger partial charge >= 0.3 is 0 Å². The van der Waals surface area contributed by atoms with Gasteiger partial charge in [-0.1, -0.05) is 29.8 Å². The number of piperidine rings is 1. The largest absolute Gasteiger partial charge is 0.338 e. The van der Waals surface area contributed by atoms with E-state index in [1.54, 1.807) is 0 Å². The van der Waals surface area contributed by atoms with Gasteiger partial charge in [-0.05, 0) is 31.9 Å². The van der Waals surface area contributed by atoms with Crippen LogP contribution in [-0.2, 0) is 24.2 Å². The Morgan fingerprint density at radius 2 is 2.31 bits per heavy atom. The molecule has 5 heteroatoms. The van der Waals surface area contributed by atoms with Crippen molar-refractivity contribution < 1.29 is 4.79 Å². The molecule has 26 heavy (non-hydrogen) atoms. The quantitative estimate of drug-likeness (QED) is 0.923. The molecule has 0 saturated carbocycles. The van der Waals surface area contributed by atoms with E-state index in [1.165, 1.54) is 12.0 Å². The Kier molecular flexibility index (Phi) is 4.98. The number of hydrogen-bond acceptors (Lipinski definition) is 4. The first-order valence-electron chi connectivity index (χ1n) is 9.58. The summed E-state index contributed by atoms with van der Waals surface area (Å²) >= 11 is 0. The zero-order valence-electron chi connectivity index (χ0n) is 15.4. The number of carbonyl (C=O) groups is 1. The predicted octanol–water partition coefficient (Wildman–Crippen LogP) is 2.38. The number of hydrogen-bond donors (Lipinski definition) is 1. The van der Waals surface area contributed by atoms with Gasteiger partial charge in [0.1, 0.15) is 5.82 Å². The first-order valence-corrected chi connectivity index (χ1v) is 9.58. The maximum Gasteiger partial charge on any atom is 0.227 e. The topological polar surface area (TPSA) is 58.1 Å². The van der Waals surface area contributed by atoms with Gasteiger partial charge in [0.15, 0.2) is 0 Å². The molecule has 1 atom stereocenters. The molecule has 4 rings (SSSR count). The zero-order valence-corrected chi connectivity index (χ0v) is 15.4. The average Bonchev–Trinajstić information content (AvgIpc) is 2.68. The van der Waals surface area contributed by atoms with Crippen LogP contribution in [0.15, 0.2) is 30.5 Å². The van der Waals surface area contributed by atoms with Crippen LogP contribution in [0.3, 0.4) is 0 Å². The van der Waals surface area contributed by atoms with Gasteiger partial charge < -0.3 is 10.2 Å². The molecule has 1 unspecified atom stereocenters. The zero-order chi connectivity index (χ0) is 17.9. The number of aromatic nitrogens is 2. The molecule has 1 N–H and O–H groups in total. The summed E-state index contributed by atoms with van der Waals surface area (Å²) in [6.45, 7) is 5.50. The van der Waals surface area contributed by atoms with E-state index < -0.39 is 0 Å². The maximum atomic E-state index is 12.7. The SMILES string of the molecule is Cc1cccc(CC(=O)N2CCc3nc(C4CCCNC4)ncc3C2)c1. The van der Waals surface area contributed by atoms with Crippen molar-refractivity contribution >= 4 is 5.91 Å². The summed E-state index contributed by atoms with van der Waals surface area (Å²) in [5, 5.41) is 3.43. The fourth-order valence-electron chi connectivity index (χ4n) is 3.92. The molecule has 0 spiro atoms. The monoisotopic (exact) mass is 350 g/mol. The lowest BCUT2D eigenvalue weighted by molar-refractivity contribution is -0.131. The third kappa shape index (κ3) is 3.78. The van der Waals surface area contributed by atoms with Crippen LogP contribution < -0.4 is 5.32 Å². The minimum absolute atomic E-state index is 0.182. The highest BCUT2D eigenvalue weighted by atomic mass is 16.2. The smallest absolute Gasteiger partial charge is 0.227 e. The van der Waals surface area contributed by atoms with Crippen LogP contribution in [0.25, 0.3) is 0 Å². The van der Waals surface area contributed by atoms with Gasteiger partial charge in [-0.25, -0.2) is 9.97 Å². The van der Waals surface area contributed by atoms with Crippen molar-refractivity contribution in [2.24, 2.45) is 0 Å². The highest BCUT2D eigenvalue weighted by Crippen LogP contribution is 2.23. The summed E-state index contributed by atoms with van der Waals surface area (Å²) < 4.78 is 0. The van der Waals surface area contributed by atoms with E-state index in [2.05, 4.69) is 29.4 Å². The first-order chi connectivity index (χ1) is 12.7. The van der Waals surface area contributed by atoms with Crippen molar-refractivity contribution in [1.29, 1.82) is 0 Å². The van der Waals surface area contributed by atoms with Gasteiger partial charge in [0.25, 0.3) is 0 Å². The lowest BCUT2D eigenvalue weighted by atomic mass is 9.98. The summed E-state index contributed by atoms with van der Waals surface area (Å²) in [6, 6.07) is 8.18. The molecule has 2 aliphatic rings. The number of nitrogens with zero attached hydrogens (tertiary/aromatic N) is 3. The Balaban J connectivity index is 1.43. The van der Waals surface area contributed by atoms with Crippen LogP contribution in [0.2, 0.25) is 0 Å². The molecule has 2 aromatic rings. The van der Waals surface area contributed by atoms with Crippen LogP contribution in [0.1, 0.15) is 47.0 Å². The van der Waals surface area contributed by atoms with Gasteiger partial charge in [-0.15, -0.1) is 0 Å². The molecule has 3 heterocycles. The number of amides is 1. The minimum Gasteiger partial charge on any atom is -0.338 e. The molecule has 1 amide bonds. The minimum atomic E-state index is 0.182. The Bertz CT molecular complexity index is 798. The van der Waals surface area contributed by atoms with Crippen molar-refractivity contribution in [1.82, 2.24) is 20.2 Å². The summed E-state index contributed by atoms with van der Waals surface area (Å²) in [6.07, 6.45) is 5.58. The molecule has 2 aliphatic heterocycles. The third-order valence-electron chi connectivity index (χ3n) is 5.41. The second-order valence-electron chi connectivity index (χ2n) is 7.47. The fourth-order valence-corrected chi connectivity index (χ4v) is 3.92. The van der Waals surface area contributed by atoms with Gasteiger partial charge in [-0.3, -0.25) is 4.79 Å². The van der Waals surface area contributed by atoms with E-state index >= 15 is 0 Å². The lowest BCUT2D eigenvalue weighted by Gasteiger charge is -2.29. The van der Waals surface area contributed by atoms with Crippen molar-refractivity contribution in [3.05, 3.63) is 58.7 Å². The standard InChI is InChI=1S/C21H26N4O/c1-15-4-2-5-16(10-15)11-20(26)25-9-7-19-18(14-25)13-23-21(24-19)17-6-3-8-22-12-17/h2,4-5,10,13,17,22H,3,6-9,11-12,14H2,1H3. The normalized spacial score (nSPS) is 19.9. The van der Waals surface area contributed by atoms with Crippen LogP contribution in [-0.4, -0.2) is 40.4 Å². The Hall–Kier alpha value is -2.27. The van der Waals surface area contributed by atoms with Crippen LogP contribution >= 0.6 is 0 Å². The molecule has 5 nitrogen and oxygen atoms in total. The molecular weight excluding hydrogens is 324 g/mol. The molecule has 1 aromatic carbocycles. The first kappa shape index (κ1) is 17.2. The molecule has 1 saturated heterocycles. The maximum absolute atomic E-state index is 12.7. The van der Waals surface area contributed by atoms with E-state index in [0.29, 0.717) is 18.9 Å². The molecule has 0 radical (unpaired) electrons. The second-order valence-corrected chi connectivity index (χ2v) is 7.47. The van der Waals surface area contributed by atoms with E-state index in [9.17, 15) is 4.79 Å². The van der Waals surface area contributed by atoms with Crippen LogP contribution in [0.5, 0.6) is 0 Å². The highest BCUT2D eigenvalue weighted by molar-refractivity contribution is 5.79. The fraction of sp³-hybridized carbons (Fsp3) is 0.476.